The Morgan fingerprint density at radius 1 is 1.35 bits per heavy atom. The summed E-state index contributed by atoms with van der Waals surface area (Å²) >= 11 is 0. The zero-order valence-corrected chi connectivity index (χ0v) is 14.4. The summed E-state index contributed by atoms with van der Waals surface area (Å²) in [7, 11) is 0. The van der Waals surface area contributed by atoms with Crippen molar-refractivity contribution < 1.29 is 28.2 Å². The van der Waals surface area contributed by atoms with Crippen LogP contribution < -0.4 is 4.90 Å². The first kappa shape index (κ1) is 18.0. The molecule has 1 aliphatic rings. The molecule has 1 unspecified atom stereocenters. The summed E-state index contributed by atoms with van der Waals surface area (Å²) in [6, 6.07) is 1.92. The van der Waals surface area contributed by atoms with Gasteiger partial charge < -0.3 is 14.7 Å². The van der Waals surface area contributed by atoms with E-state index in [1.54, 1.807) is 18.7 Å². The van der Waals surface area contributed by atoms with Crippen LogP contribution in [-0.4, -0.2) is 41.7 Å². The highest BCUT2D eigenvalue weighted by Gasteiger charge is 2.42. The maximum absolute atomic E-state index is 14.6. The fourth-order valence-corrected chi connectivity index (χ4v) is 3.23. The summed E-state index contributed by atoms with van der Waals surface area (Å²) in [6.07, 6.45) is 1.46. The average Bonchev–Trinajstić information content (AvgIpc) is 3.01. The molecule has 1 aliphatic heterocycles. The highest BCUT2D eigenvalue weighted by atomic mass is 19.1. The predicted octanol–water partition coefficient (Wildman–Crippen LogP) is 2.99. The van der Waals surface area contributed by atoms with E-state index in [1.807, 2.05) is 0 Å². The molecule has 138 valence electrons. The lowest BCUT2D eigenvalue weighted by Crippen LogP contribution is -2.32. The number of benzene rings is 1. The van der Waals surface area contributed by atoms with Crippen LogP contribution in [0.3, 0.4) is 0 Å². The Balaban J connectivity index is 2.23. The molecule has 0 saturated carbocycles. The van der Waals surface area contributed by atoms with Crippen LogP contribution in [0, 0.1) is 17.0 Å². The van der Waals surface area contributed by atoms with E-state index in [9.17, 15) is 23.5 Å². The zero-order chi connectivity index (χ0) is 19.1. The van der Waals surface area contributed by atoms with Gasteiger partial charge in [-0.2, -0.15) is 0 Å². The molecule has 0 radical (unpaired) electrons. The summed E-state index contributed by atoms with van der Waals surface area (Å²) in [4.78, 5) is 29.4. The van der Waals surface area contributed by atoms with Crippen molar-refractivity contribution in [2.75, 3.05) is 24.6 Å². The molecule has 6 nitrogen and oxygen atoms in total. The Kier molecular flexibility index (Phi) is 4.52. The van der Waals surface area contributed by atoms with E-state index in [0.717, 1.165) is 18.3 Å². The minimum Gasteiger partial charge on any atom is -0.481 e. The van der Waals surface area contributed by atoms with E-state index in [-0.39, 0.29) is 41.9 Å². The molecule has 1 N–H and O–H groups in total. The smallest absolute Gasteiger partial charge is 0.341 e. The molecule has 1 fully saturated rings. The number of carbonyl (C=O) groups excluding carboxylic acids is 1. The minimum atomic E-state index is -1.05. The van der Waals surface area contributed by atoms with Gasteiger partial charge in [0, 0.05) is 19.3 Å². The van der Waals surface area contributed by atoms with Gasteiger partial charge in [0.2, 0.25) is 0 Å². The van der Waals surface area contributed by atoms with E-state index in [0.29, 0.717) is 6.42 Å². The number of hydrogen-bond acceptors (Lipinski definition) is 5. The number of aromatic nitrogens is 1. The standard InChI is InChI=1S/C18H18F2N2O4/c1-3-26-16(23)10-8-21-14-12(20)5-4-11(19)13(14)15(10)22-7-6-18(2,9-22)17(24)25/h4-5,8H,3,6-7,9H2,1-2H3,(H,24,25). The molecular formula is C18H18F2N2O4. The van der Waals surface area contributed by atoms with Gasteiger partial charge in [0.1, 0.15) is 22.7 Å². The van der Waals surface area contributed by atoms with E-state index >= 15 is 0 Å². The molecule has 2 aromatic rings. The van der Waals surface area contributed by atoms with Crippen LogP contribution in [0.1, 0.15) is 30.6 Å². The number of esters is 1. The van der Waals surface area contributed by atoms with Crippen LogP contribution in [0.25, 0.3) is 10.9 Å². The van der Waals surface area contributed by atoms with Gasteiger partial charge in [0.25, 0.3) is 0 Å². The molecule has 8 heteroatoms. The number of hydrogen-bond donors (Lipinski definition) is 1. The summed E-state index contributed by atoms with van der Waals surface area (Å²) in [5.74, 6) is -3.16. The zero-order valence-electron chi connectivity index (χ0n) is 14.4. The second kappa shape index (κ2) is 6.51. The third-order valence-electron chi connectivity index (χ3n) is 4.69. The molecule has 26 heavy (non-hydrogen) atoms. The minimum absolute atomic E-state index is 0.0153. The Morgan fingerprint density at radius 3 is 2.65 bits per heavy atom. The Hall–Kier alpha value is -2.77. The van der Waals surface area contributed by atoms with Gasteiger partial charge in [-0.1, -0.05) is 0 Å². The van der Waals surface area contributed by atoms with E-state index in [2.05, 4.69) is 4.98 Å². The highest BCUT2D eigenvalue weighted by molar-refractivity contribution is 6.05. The quantitative estimate of drug-likeness (QED) is 0.840. The van der Waals surface area contributed by atoms with Crippen molar-refractivity contribution in [3.63, 3.8) is 0 Å². The number of rotatable bonds is 4. The molecule has 2 heterocycles. The molecule has 1 aromatic carbocycles. The largest absolute Gasteiger partial charge is 0.481 e. The third-order valence-corrected chi connectivity index (χ3v) is 4.69. The van der Waals surface area contributed by atoms with Crippen LogP contribution in [0.2, 0.25) is 0 Å². The first-order valence-electron chi connectivity index (χ1n) is 8.20. The fraction of sp³-hybridized carbons (Fsp3) is 0.389. The molecule has 1 saturated heterocycles. The summed E-state index contributed by atoms with van der Waals surface area (Å²) in [6.45, 7) is 3.66. The topological polar surface area (TPSA) is 79.7 Å². The number of ether oxygens (including phenoxy) is 1. The second-order valence-corrected chi connectivity index (χ2v) is 6.53. The van der Waals surface area contributed by atoms with Crippen molar-refractivity contribution in [1.82, 2.24) is 4.98 Å². The van der Waals surface area contributed by atoms with Crippen LogP contribution in [0.15, 0.2) is 18.3 Å². The van der Waals surface area contributed by atoms with Crippen molar-refractivity contribution in [2.24, 2.45) is 5.41 Å². The van der Waals surface area contributed by atoms with E-state index in [4.69, 9.17) is 4.74 Å². The number of pyridine rings is 1. The van der Waals surface area contributed by atoms with Crippen molar-refractivity contribution >= 4 is 28.5 Å². The van der Waals surface area contributed by atoms with Gasteiger partial charge in [0.05, 0.1) is 23.1 Å². The Labute approximate surface area is 148 Å². The number of fused-ring (bicyclic) bond motifs is 1. The lowest BCUT2D eigenvalue weighted by molar-refractivity contribution is -0.146. The van der Waals surface area contributed by atoms with Crippen LogP contribution in [0.5, 0.6) is 0 Å². The highest BCUT2D eigenvalue weighted by Crippen LogP contribution is 2.39. The lowest BCUT2D eigenvalue weighted by atomic mass is 9.90. The van der Waals surface area contributed by atoms with Gasteiger partial charge in [-0.15, -0.1) is 0 Å². The summed E-state index contributed by atoms with van der Waals surface area (Å²) in [5, 5.41) is 9.30. The van der Waals surface area contributed by atoms with Crippen molar-refractivity contribution in [3.8, 4) is 0 Å². The number of aliphatic carboxylic acids is 1. The normalized spacial score (nSPS) is 19.8. The van der Waals surface area contributed by atoms with E-state index in [1.165, 1.54) is 0 Å². The molecule has 0 spiro atoms. The number of anilines is 1. The monoisotopic (exact) mass is 364 g/mol. The van der Waals surface area contributed by atoms with Gasteiger partial charge in [-0.05, 0) is 32.4 Å². The summed E-state index contributed by atoms with van der Waals surface area (Å²) in [5.41, 5.74) is -1.16. The van der Waals surface area contributed by atoms with E-state index < -0.39 is 29.0 Å². The van der Waals surface area contributed by atoms with Gasteiger partial charge in [-0.3, -0.25) is 9.78 Å². The molecule has 0 bridgehead atoms. The maximum atomic E-state index is 14.6. The average molecular weight is 364 g/mol. The summed E-state index contributed by atoms with van der Waals surface area (Å²) < 4.78 is 33.7. The lowest BCUT2D eigenvalue weighted by Gasteiger charge is -2.25. The number of halogens is 2. The first-order valence-corrected chi connectivity index (χ1v) is 8.20. The number of carboxylic acid groups (broad SMARTS) is 1. The third kappa shape index (κ3) is 2.85. The first-order chi connectivity index (χ1) is 12.3. The Bertz CT molecular complexity index is 902. The van der Waals surface area contributed by atoms with Crippen molar-refractivity contribution in [1.29, 1.82) is 0 Å². The van der Waals surface area contributed by atoms with Crippen LogP contribution in [0.4, 0.5) is 14.5 Å². The molecule has 0 amide bonds. The van der Waals surface area contributed by atoms with Gasteiger partial charge in [-0.25, -0.2) is 13.6 Å². The second-order valence-electron chi connectivity index (χ2n) is 6.53. The maximum Gasteiger partial charge on any atom is 0.341 e. The van der Waals surface area contributed by atoms with Crippen molar-refractivity contribution in [2.45, 2.75) is 20.3 Å². The Morgan fingerprint density at radius 2 is 2.04 bits per heavy atom. The molecule has 0 aliphatic carbocycles. The molecular weight excluding hydrogens is 346 g/mol. The predicted molar refractivity (Wildman–Crippen MR) is 90.2 cm³/mol. The molecule has 1 atom stereocenters. The van der Waals surface area contributed by atoms with Crippen LogP contribution >= 0.6 is 0 Å². The van der Waals surface area contributed by atoms with Crippen LogP contribution in [-0.2, 0) is 9.53 Å². The SMILES string of the molecule is CCOC(=O)c1cnc2c(F)ccc(F)c2c1N1CCC(C)(C(=O)O)C1. The number of nitrogens with zero attached hydrogens (tertiary/aromatic N) is 2. The van der Waals surface area contributed by atoms with Gasteiger partial charge in [0.15, 0.2) is 0 Å². The molecule has 1 aromatic heterocycles. The number of carbonyl (C=O) groups is 2. The number of carboxylic acids is 1. The van der Waals surface area contributed by atoms with Gasteiger partial charge >= 0.3 is 11.9 Å². The fourth-order valence-electron chi connectivity index (χ4n) is 3.23. The molecule has 3 rings (SSSR count). The van der Waals surface area contributed by atoms with Crippen molar-refractivity contribution in [3.05, 3.63) is 35.5 Å².